The number of hydrogen-bond acceptors (Lipinski definition) is 4. The van der Waals surface area contributed by atoms with E-state index in [1.165, 1.54) is 24.3 Å². The van der Waals surface area contributed by atoms with E-state index < -0.39 is 16.4 Å². The molecule has 0 aliphatic carbocycles. The van der Waals surface area contributed by atoms with E-state index in [4.69, 9.17) is 0 Å². The molecule has 0 radical (unpaired) electrons. The Balaban J connectivity index is 2.38. The van der Waals surface area contributed by atoms with Crippen molar-refractivity contribution in [1.29, 1.82) is 0 Å². The molecule has 7 heteroatoms. The highest BCUT2D eigenvalue weighted by atomic mass is 16.6. The minimum absolute atomic E-state index is 0.0825. The molecule has 21 heavy (non-hydrogen) atoms. The van der Waals surface area contributed by atoms with Gasteiger partial charge in [-0.1, -0.05) is 13.8 Å². The summed E-state index contributed by atoms with van der Waals surface area (Å²) in [7, 11) is 0. The Labute approximate surface area is 122 Å². The number of nitrogens with one attached hydrogen (secondary N) is 1. The fourth-order valence-corrected chi connectivity index (χ4v) is 2.49. The number of nitro benzene ring substituents is 1. The molecule has 1 aromatic carbocycles. The summed E-state index contributed by atoms with van der Waals surface area (Å²) in [6, 6.07) is 4.90. The Bertz CT molecular complexity index is 578. The molecule has 1 fully saturated rings. The molecule has 1 N–H and O–H groups in total. The number of benzene rings is 1. The van der Waals surface area contributed by atoms with Crippen LogP contribution in [-0.2, 0) is 4.79 Å². The number of urea groups is 1. The number of nitro groups is 1. The summed E-state index contributed by atoms with van der Waals surface area (Å²) in [5.41, 5.74) is -0.356. The van der Waals surface area contributed by atoms with Crippen molar-refractivity contribution in [3.8, 4) is 0 Å². The first-order chi connectivity index (χ1) is 9.95. The zero-order valence-corrected chi connectivity index (χ0v) is 12.0. The number of carbonyl (C=O) groups is 2. The monoisotopic (exact) mass is 291 g/mol. The topological polar surface area (TPSA) is 92.6 Å². The molecule has 1 aromatic rings. The fraction of sp³-hybridized carbons (Fsp3) is 0.429. The van der Waals surface area contributed by atoms with Crippen molar-refractivity contribution >= 4 is 23.3 Å². The number of non-ortho nitro benzene ring substituents is 1. The number of amides is 3. The number of rotatable bonds is 4. The number of carbonyl (C=O) groups excluding carboxylic acids is 2. The van der Waals surface area contributed by atoms with Crippen molar-refractivity contribution in [3.05, 3.63) is 34.4 Å². The van der Waals surface area contributed by atoms with E-state index in [0.29, 0.717) is 25.1 Å². The summed E-state index contributed by atoms with van der Waals surface area (Å²) in [6.07, 6.45) is 1.23. The molecular weight excluding hydrogens is 274 g/mol. The van der Waals surface area contributed by atoms with Gasteiger partial charge < -0.3 is 5.32 Å². The molecule has 1 aliphatic heterocycles. The van der Waals surface area contributed by atoms with Crippen molar-refractivity contribution in [2.24, 2.45) is 5.41 Å². The van der Waals surface area contributed by atoms with Crippen LogP contribution in [0.5, 0.6) is 0 Å². The third-order valence-corrected chi connectivity index (χ3v) is 4.11. The number of imide groups is 1. The van der Waals surface area contributed by atoms with Gasteiger partial charge in [0, 0.05) is 18.7 Å². The van der Waals surface area contributed by atoms with Crippen molar-refractivity contribution in [2.45, 2.75) is 26.7 Å². The molecule has 112 valence electrons. The number of anilines is 1. The first kappa shape index (κ1) is 15.0. The van der Waals surface area contributed by atoms with E-state index in [1.54, 1.807) is 0 Å². The third-order valence-electron chi connectivity index (χ3n) is 4.11. The Morgan fingerprint density at radius 2 is 1.81 bits per heavy atom. The van der Waals surface area contributed by atoms with Crippen LogP contribution in [0.3, 0.4) is 0 Å². The van der Waals surface area contributed by atoms with Crippen molar-refractivity contribution in [2.75, 3.05) is 11.4 Å². The van der Waals surface area contributed by atoms with Gasteiger partial charge in [-0.15, -0.1) is 0 Å². The van der Waals surface area contributed by atoms with E-state index >= 15 is 0 Å². The van der Waals surface area contributed by atoms with Crippen LogP contribution in [0.25, 0.3) is 0 Å². The Morgan fingerprint density at radius 3 is 2.29 bits per heavy atom. The maximum absolute atomic E-state index is 12.7. The molecule has 1 aliphatic rings. The summed E-state index contributed by atoms with van der Waals surface area (Å²) in [5, 5.41) is 13.4. The van der Waals surface area contributed by atoms with Gasteiger partial charge in [0.05, 0.1) is 16.0 Å². The highest BCUT2D eigenvalue weighted by molar-refractivity contribution is 6.18. The molecule has 2 rings (SSSR count). The molecule has 0 atom stereocenters. The molecular formula is C14H17N3O4. The van der Waals surface area contributed by atoms with Gasteiger partial charge in [-0.2, -0.15) is 0 Å². The lowest BCUT2D eigenvalue weighted by atomic mass is 9.79. The van der Waals surface area contributed by atoms with Crippen LogP contribution < -0.4 is 10.2 Å². The van der Waals surface area contributed by atoms with E-state index in [9.17, 15) is 19.7 Å². The highest BCUT2D eigenvalue weighted by Gasteiger charge is 2.45. The SMILES string of the molecule is CCC1(CC)CNC(=O)N(c2ccc([N+](=O)[O-])cc2)C1=O. The molecule has 0 unspecified atom stereocenters. The second-order valence-corrected chi connectivity index (χ2v) is 5.06. The van der Waals surface area contributed by atoms with Crippen LogP contribution in [0.15, 0.2) is 24.3 Å². The Hall–Kier alpha value is -2.44. The van der Waals surface area contributed by atoms with Gasteiger partial charge in [-0.3, -0.25) is 14.9 Å². The van der Waals surface area contributed by atoms with Gasteiger partial charge in [-0.25, -0.2) is 9.69 Å². The predicted octanol–water partition coefficient (Wildman–Crippen LogP) is 2.46. The Kier molecular flexibility index (Phi) is 3.93. The van der Waals surface area contributed by atoms with Crippen LogP contribution >= 0.6 is 0 Å². The normalized spacial score (nSPS) is 17.5. The Morgan fingerprint density at radius 1 is 1.24 bits per heavy atom. The van der Waals surface area contributed by atoms with Gasteiger partial charge in [-0.05, 0) is 25.0 Å². The van der Waals surface area contributed by atoms with Gasteiger partial charge in [0.1, 0.15) is 0 Å². The van der Waals surface area contributed by atoms with E-state index in [2.05, 4.69) is 5.32 Å². The molecule has 0 aromatic heterocycles. The van der Waals surface area contributed by atoms with Crippen LogP contribution in [0, 0.1) is 15.5 Å². The van der Waals surface area contributed by atoms with Gasteiger partial charge in [0.15, 0.2) is 0 Å². The summed E-state index contributed by atoms with van der Waals surface area (Å²) in [4.78, 5) is 35.9. The van der Waals surface area contributed by atoms with Gasteiger partial charge in [0.2, 0.25) is 5.91 Å². The van der Waals surface area contributed by atoms with Crippen LogP contribution in [0.1, 0.15) is 26.7 Å². The zero-order valence-electron chi connectivity index (χ0n) is 12.0. The first-order valence-corrected chi connectivity index (χ1v) is 6.82. The van der Waals surface area contributed by atoms with Crippen LogP contribution in [0.2, 0.25) is 0 Å². The first-order valence-electron chi connectivity index (χ1n) is 6.82. The summed E-state index contributed by atoms with van der Waals surface area (Å²) >= 11 is 0. The summed E-state index contributed by atoms with van der Waals surface area (Å²) in [6.45, 7) is 4.14. The van der Waals surface area contributed by atoms with Crippen LogP contribution in [-0.4, -0.2) is 23.4 Å². The number of nitrogens with zero attached hydrogens (tertiary/aromatic N) is 2. The van der Waals surface area contributed by atoms with Crippen molar-refractivity contribution < 1.29 is 14.5 Å². The van der Waals surface area contributed by atoms with E-state index in [-0.39, 0.29) is 11.6 Å². The summed E-state index contributed by atoms with van der Waals surface area (Å²) < 4.78 is 0. The average Bonchev–Trinajstić information content (AvgIpc) is 2.49. The smallest absolute Gasteiger partial charge is 0.328 e. The standard InChI is InChI=1S/C14H17N3O4/c1-3-14(4-2)9-15-13(19)16(12(14)18)10-5-7-11(8-6-10)17(20)21/h5-8H,3-4,9H2,1-2H3,(H,15,19). The zero-order chi connectivity index (χ0) is 15.6. The molecule has 1 saturated heterocycles. The molecule has 7 nitrogen and oxygen atoms in total. The highest BCUT2D eigenvalue weighted by Crippen LogP contribution is 2.34. The molecule has 3 amide bonds. The fourth-order valence-electron chi connectivity index (χ4n) is 2.49. The molecule has 0 bridgehead atoms. The van der Waals surface area contributed by atoms with E-state index in [1.807, 2.05) is 13.8 Å². The maximum Gasteiger partial charge on any atom is 0.328 e. The number of hydrogen-bond donors (Lipinski definition) is 1. The van der Waals surface area contributed by atoms with Gasteiger partial charge >= 0.3 is 6.03 Å². The quantitative estimate of drug-likeness (QED) is 0.681. The molecule has 0 spiro atoms. The largest absolute Gasteiger partial charge is 0.336 e. The van der Waals surface area contributed by atoms with Crippen molar-refractivity contribution in [1.82, 2.24) is 5.32 Å². The second-order valence-electron chi connectivity index (χ2n) is 5.06. The predicted molar refractivity (Wildman–Crippen MR) is 77.0 cm³/mol. The second kappa shape index (κ2) is 5.51. The summed E-state index contributed by atoms with van der Waals surface area (Å²) in [5.74, 6) is -0.259. The average molecular weight is 291 g/mol. The van der Waals surface area contributed by atoms with E-state index in [0.717, 1.165) is 4.90 Å². The van der Waals surface area contributed by atoms with Gasteiger partial charge in [0.25, 0.3) is 5.69 Å². The minimum atomic E-state index is -0.615. The maximum atomic E-state index is 12.7. The minimum Gasteiger partial charge on any atom is -0.336 e. The molecule has 0 saturated carbocycles. The lowest BCUT2D eigenvalue weighted by Crippen LogP contribution is -2.60. The third kappa shape index (κ3) is 2.46. The van der Waals surface area contributed by atoms with Crippen molar-refractivity contribution in [3.63, 3.8) is 0 Å². The van der Waals surface area contributed by atoms with Crippen LogP contribution in [0.4, 0.5) is 16.2 Å². The molecule has 1 heterocycles. The lowest BCUT2D eigenvalue weighted by Gasteiger charge is -2.39. The lowest BCUT2D eigenvalue weighted by molar-refractivity contribution is -0.384.